The van der Waals surface area contributed by atoms with Crippen molar-refractivity contribution in [1.29, 1.82) is 0 Å². The zero-order valence-electron chi connectivity index (χ0n) is 3.73. The van der Waals surface area contributed by atoms with Crippen LogP contribution in [0.4, 0.5) is 0 Å². The third-order valence-corrected chi connectivity index (χ3v) is 0.589. The quantitative estimate of drug-likeness (QED) is 0.589. The maximum atomic E-state index is 9.98. The molecule has 1 heterocycles. The molecular formula is C4H2NO2Pt-. The van der Waals surface area contributed by atoms with Crippen molar-refractivity contribution in [1.82, 2.24) is 0 Å². The molecule has 3 nitrogen and oxygen atoms in total. The van der Waals surface area contributed by atoms with Gasteiger partial charge in [-0.25, -0.2) is 0 Å². The molecule has 0 unspecified atom stereocenters. The van der Waals surface area contributed by atoms with E-state index in [2.05, 4.69) is 5.32 Å². The topological polar surface area (TPSA) is 48.2 Å². The van der Waals surface area contributed by atoms with Crippen LogP contribution >= 0.6 is 0 Å². The van der Waals surface area contributed by atoms with Crippen molar-refractivity contribution in [3.05, 3.63) is 17.5 Å². The number of carbonyl (C=O) groups excluding carboxylic acids is 2. The van der Waals surface area contributed by atoms with E-state index in [1.807, 2.05) is 0 Å². The molecule has 0 N–H and O–H groups in total. The number of carbonyl (C=O) groups is 2. The zero-order chi connectivity index (χ0) is 5.28. The van der Waals surface area contributed by atoms with E-state index in [-0.39, 0.29) is 21.1 Å². The Kier molecular flexibility index (Phi) is 2.62. The summed E-state index contributed by atoms with van der Waals surface area (Å²) < 4.78 is 0. The first kappa shape index (κ1) is 7.57. The first-order chi connectivity index (χ1) is 3.29. The van der Waals surface area contributed by atoms with Gasteiger partial charge in [-0.2, -0.15) is 0 Å². The molecule has 0 bridgehead atoms. The molecule has 1 aliphatic rings. The maximum absolute atomic E-state index is 9.98. The van der Waals surface area contributed by atoms with Crippen LogP contribution in [0.2, 0.25) is 0 Å². The fraction of sp³-hybridized carbons (Fsp3) is 0. The van der Waals surface area contributed by atoms with Crippen LogP contribution in [0.5, 0.6) is 0 Å². The predicted molar refractivity (Wildman–Crippen MR) is 22.5 cm³/mol. The van der Waals surface area contributed by atoms with Crippen LogP contribution in [0.15, 0.2) is 12.2 Å². The molecule has 0 saturated carbocycles. The van der Waals surface area contributed by atoms with E-state index in [4.69, 9.17) is 0 Å². The Hall–Kier alpha value is -0.432. The van der Waals surface area contributed by atoms with E-state index < -0.39 is 11.8 Å². The second-order valence-electron chi connectivity index (χ2n) is 1.12. The van der Waals surface area contributed by atoms with Crippen LogP contribution in [-0.2, 0) is 30.7 Å². The first-order valence-corrected chi connectivity index (χ1v) is 1.77. The molecule has 0 fully saturated rings. The van der Waals surface area contributed by atoms with E-state index >= 15 is 0 Å². The summed E-state index contributed by atoms with van der Waals surface area (Å²) in [6.45, 7) is 0. The fourth-order valence-electron chi connectivity index (χ4n) is 0.326. The Morgan fingerprint density at radius 2 is 1.50 bits per heavy atom. The van der Waals surface area contributed by atoms with Gasteiger partial charge in [0.25, 0.3) is 0 Å². The van der Waals surface area contributed by atoms with Crippen molar-refractivity contribution in [3.63, 3.8) is 0 Å². The largest absolute Gasteiger partial charge is 0.589 e. The van der Waals surface area contributed by atoms with Crippen molar-refractivity contribution in [2.75, 3.05) is 0 Å². The van der Waals surface area contributed by atoms with Crippen LogP contribution in [0.3, 0.4) is 0 Å². The normalized spacial score (nSPS) is 15.5. The van der Waals surface area contributed by atoms with Crippen LogP contribution in [0.1, 0.15) is 0 Å². The summed E-state index contributed by atoms with van der Waals surface area (Å²) in [5.74, 6) is -0.907. The summed E-state index contributed by atoms with van der Waals surface area (Å²) >= 11 is 0. The number of hydrogen-bond acceptors (Lipinski definition) is 2. The second kappa shape index (κ2) is 2.77. The average molecular weight is 291 g/mol. The van der Waals surface area contributed by atoms with Crippen molar-refractivity contribution >= 4 is 11.8 Å². The van der Waals surface area contributed by atoms with Gasteiger partial charge in [0.2, 0.25) is 0 Å². The van der Waals surface area contributed by atoms with Crippen LogP contribution in [0, 0.1) is 0 Å². The summed E-state index contributed by atoms with van der Waals surface area (Å²) in [5.41, 5.74) is 0. The van der Waals surface area contributed by atoms with Crippen molar-refractivity contribution in [3.8, 4) is 0 Å². The van der Waals surface area contributed by atoms with E-state index in [0.717, 1.165) is 12.2 Å². The van der Waals surface area contributed by atoms with Crippen LogP contribution in [-0.4, -0.2) is 11.8 Å². The van der Waals surface area contributed by atoms with Crippen LogP contribution < -0.4 is 0 Å². The Labute approximate surface area is 60.4 Å². The molecule has 2 amide bonds. The monoisotopic (exact) mass is 291 g/mol. The Morgan fingerprint density at radius 3 is 1.62 bits per heavy atom. The molecule has 0 atom stereocenters. The molecule has 0 aromatic heterocycles. The third-order valence-electron chi connectivity index (χ3n) is 0.589. The van der Waals surface area contributed by atoms with E-state index in [0.29, 0.717) is 0 Å². The summed E-state index contributed by atoms with van der Waals surface area (Å²) in [7, 11) is 0. The number of rotatable bonds is 0. The summed E-state index contributed by atoms with van der Waals surface area (Å²) in [6, 6.07) is 0. The van der Waals surface area contributed by atoms with Gasteiger partial charge in [-0.05, 0) is 12.2 Å². The van der Waals surface area contributed by atoms with Crippen molar-refractivity contribution in [2.45, 2.75) is 0 Å². The molecule has 1 rings (SSSR count). The Morgan fingerprint density at radius 1 is 1.12 bits per heavy atom. The van der Waals surface area contributed by atoms with Gasteiger partial charge in [0.05, 0.1) is 11.8 Å². The summed E-state index contributed by atoms with van der Waals surface area (Å²) in [5, 5.41) is 3.00. The van der Waals surface area contributed by atoms with Gasteiger partial charge < -0.3 is 14.9 Å². The second-order valence-corrected chi connectivity index (χ2v) is 1.12. The Bertz CT molecular complexity index is 136. The standard InChI is InChI=1S/C4H3NO2.Pt/c6-3-1-2-4(7)5-3;/h1-2H,(H,5,6,7);/p-1. The number of amides is 2. The molecule has 0 spiro atoms. The Balaban J connectivity index is 0.000000490. The number of nitrogens with zero attached hydrogens (tertiary/aromatic N) is 1. The summed E-state index contributed by atoms with van der Waals surface area (Å²) in [6.07, 6.45) is 2.28. The molecule has 0 aromatic carbocycles. The van der Waals surface area contributed by atoms with Crippen molar-refractivity contribution in [2.24, 2.45) is 0 Å². The van der Waals surface area contributed by atoms with Gasteiger partial charge in [0.1, 0.15) is 0 Å². The van der Waals surface area contributed by atoms with Gasteiger partial charge in [-0.3, -0.25) is 0 Å². The van der Waals surface area contributed by atoms with Gasteiger partial charge in [0, 0.05) is 21.1 Å². The zero-order valence-corrected chi connectivity index (χ0v) is 6.01. The summed E-state index contributed by atoms with van der Waals surface area (Å²) in [4.78, 5) is 20.0. The minimum absolute atomic E-state index is 0. The predicted octanol–water partition coefficient (Wildman–Crippen LogP) is -0.0194. The molecule has 0 radical (unpaired) electrons. The van der Waals surface area contributed by atoms with E-state index in [1.165, 1.54) is 0 Å². The smallest absolute Gasteiger partial charge is 0.0803 e. The van der Waals surface area contributed by atoms with Gasteiger partial charge in [0.15, 0.2) is 0 Å². The third kappa shape index (κ3) is 1.58. The fourth-order valence-corrected chi connectivity index (χ4v) is 0.326. The average Bonchev–Trinajstić information content (AvgIpc) is 1.87. The molecule has 1 aliphatic heterocycles. The van der Waals surface area contributed by atoms with Gasteiger partial charge in [-0.1, -0.05) is 0 Å². The van der Waals surface area contributed by atoms with E-state index in [1.54, 1.807) is 0 Å². The van der Waals surface area contributed by atoms with E-state index in [9.17, 15) is 9.59 Å². The van der Waals surface area contributed by atoms with Gasteiger partial charge >= 0.3 is 0 Å². The SMILES string of the molecule is O=C1C=CC(=O)[N-]1.[Pt]. The molecule has 46 valence electrons. The molecule has 0 saturated heterocycles. The molecule has 4 heteroatoms. The first-order valence-electron chi connectivity index (χ1n) is 1.77. The minimum Gasteiger partial charge on any atom is -0.589 e. The van der Waals surface area contributed by atoms with Crippen LogP contribution in [0.25, 0.3) is 5.32 Å². The van der Waals surface area contributed by atoms with Crippen molar-refractivity contribution < 1.29 is 30.7 Å². The number of hydrogen-bond donors (Lipinski definition) is 0. The number of imide groups is 1. The molecular weight excluding hydrogens is 289 g/mol. The maximum Gasteiger partial charge on any atom is 0.0803 e. The molecule has 0 aromatic rings. The molecule has 8 heavy (non-hydrogen) atoms. The minimum atomic E-state index is -0.454. The molecule has 0 aliphatic carbocycles. The van der Waals surface area contributed by atoms with Gasteiger partial charge in [-0.15, -0.1) is 0 Å².